The van der Waals surface area contributed by atoms with Gasteiger partial charge in [0.05, 0.1) is 0 Å². The maximum atomic E-state index is 12.0. The van der Waals surface area contributed by atoms with Gasteiger partial charge in [0.1, 0.15) is 0 Å². The summed E-state index contributed by atoms with van der Waals surface area (Å²) in [6.45, 7) is 9.01. The Morgan fingerprint density at radius 3 is 2.48 bits per heavy atom. The van der Waals surface area contributed by atoms with Gasteiger partial charge in [-0.25, -0.2) is 0 Å². The van der Waals surface area contributed by atoms with Crippen LogP contribution < -0.4 is 16.0 Å². The molecule has 0 aliphatic rings. The molecule has 0 radical (unpaired) electrons. The quantitative estimate of drug-likeness (QED) is 0.270. The second-order valence-corrected chi connectivity index (χ2v) is 5.08. The lowest BCUT2D eigenvalue weighted by Crippen LogP contribution is -2.36. The zero-order chi connectivity index (χ0) is 16.4. The number of carbonyl (C=O) groups excluding carboxylic acids is 1. The van der Waals surface area contributed by atoms with Crippen LogP contribution in [-0.2, 0) is 6.54 Å². The van der Waals surface area contributed by atoms with Crippen LogP contribution in [-0.4, -0.2) is 31.5 Å². The van der Waals surface area contributed by atoms with Crippen LogP contribution in [0.25, 0.3) is 0 Å². The van der Waals surface area contributed by atoms with Crippen LogP contribution in [0.15, 0.2) is 41.9 Å². The Bertz CT molecular complexity index is 514. The van der Waals surface area contributed by atoms with Crippen molar-refractivity contribution in [2.24, 2.45) is 4.99 Å². The molecule has 6 heteroatoms. The topological polar surface area (TPSA) is 65.5 Å². The molecule has 0 saturated heterocycles. The molecule has 3 N–H and O–H groups in total. The van der Waals surface area contributed by atoms with E-state index in [-0.39, 0.29) is 35.9 Å². The molecule has 1 unspecified atom stereocenters. The van der Waals surface area contributed by atoms with E-state index in [2.05, 4.69) is 27.5 Å². The van der Waals surface area contributed by atoms with E-state index >= 15 is 0 Å². The minimum absolute atomic E-state index is 0. The number of hydrogen-bond donors (Lipinski definition) is 3. The average Bonchev–Trinajstić information content (AvgIpc) is 2.55. The van der Waals surface area contributed by atoms with Gasteiger partial charge in [-0.05, 0) is 31.0 Å². The van der Waals surface area contributed by atoms with Gasteiger partial charge in [-0.2, -0.15) is 0 Å². The molecule has 0 aromatic heterocycles. The van der Waals surface area contributed by atoms with Crippen LogP contribution in [0.1, 0.15) is 36.2 Å². The van der Waals surface area contributed by atoms with Gasteiger partial charge in [0.15, 0.2) is 5.96 Å². The number of benzene rings is 1. The molecule has 1 aromatic rings. The van der Waals surface area contributed by atoms with E-state index in [4.69, 9.17) is 0 Å². The minimum Gasteiger partial charge on any atom is -0.353 e. The van der Waals surface area contributed by atoms with Crippen LogP contribution in [0.4, 0.5) is 0 Å². The first-order valence-electron chi connectivity index (χ1n) is 7.55. The molecule has 5 nitrogen and oxygen atoms in total. The molecule has 1 rings (SSSR count). The highest BCUT2D eigenvalue weighted by molar-refractivity contribution is 14.0. The molecule has 0 aliphatic carbocycles. The van der Waals surface area contributed by atoms with Gasteiger partial charge in [-0.15, -0.1) is 30.6 Å². The van der Waals surface area contributed by atoms with E-state index in [0.29, 0.717) is 18.7 Å². The first-order valence-corrected chi connectivity index (χ1v) is 7.55. The molecule has 1 atom stereocenters. The molecule has 1 amide bonds. The monoisotopic (exact) mass is 430 g/mol. The van der Waals surface area contributed by atoms with Crippen LogP contribution >= 0.6 is 24.0 Å². The smallest absolute Gasteiger partial charge is 0.251 e. The fourth-order valence-electron chi connectivity index (χ4n) is 1.76. The third-order valence-corrected chi connectivity index (χ3v) is 3.30. The van der Waals surface area contributed by atoms with E-state index in [9.17, 15) is 4.79 Å². The summed E-state index contributed by atoms with van der Waals surface area (Å²) in [5, 5.41) is 9.26. The Kier molecular flexibility index (Phi) is 11.1. The maximum absolute atomic E-state index is 12.0. The van der Waals surface area contributed by atoms with E-state index < -0.39 is 0 Å². The number of guanidine groups is 1. The predicted octanol–water partition coefficient (Wildman–Crippen LogP) is 2.68. The lowest BCUT2D eigenvalue weighted by atomic mass is 10.1. The van der Waals surface area contributed by atoms with E-state index in [1.54, 1.807) is 13.1 Å². The summed E-state index contributed by atoms with van der Waals surface area (Å²) in [7, 11) is 1.72. The summed E-state index contributed by atoms with van der Waals surface area (Å²) < 4.78 is 0. The first-order chi connectivity index (χ1) is 10.6. The molecule has 0 saturated carbocycles. The summed E-state index contributed by atoms with van der Waals surface area (Å²) in [5.41, 5.74) is 1.76. The third-order valence-electron chi connectivity index (χ3n) is 3.30. The first kappa shape index (κ1) is 21.4. The SMILES string of the molecule is C=CCNC(=NC)NCc1ccc(C(=O)NC(C)CC)cc1.I. The van der Waals surface area contributed by atoms with Gasteiger partial charge in [-0.3, -0.25) is 9.79 Å². The fourth-order valence-corrected chi connectivity index (χ4v) is 1.76. The standard InChI is InChI=1S/C17H26N4O.HI/c1-5-11-19-17(18-4)20-12-14-7-9-15(10-8-14)16(22)21-13(3)6-2;/h5,7-10,13H,1,6,11-12H2,2-4H3,(H,21,22)(H2,18,19,20);1H. The van der Waals surface area contributed by atoms with Crippen LogP contribution in [0.5, 0.6) is 0 Å². The number of aliphatic imine (C=N–C) groups is 1. The van der Waals surface area contributed by atoms with Crippen molar-refractivity contribution in [3.05, 3.63) is 48.0 Å². The number of hydrogen-bond acceptors (Lipinski definition) is 2. The molecule has 0 spiro atoms. The number of nitrogens with zero attached hydrogens (tertiary/aromatic N) is 1. The fraction of sp³-hybridized carbons (Fsp3) is 0.412. The highest BCUT2D eigenvalue weighted by Crippen LogP contribution is 2.05. The van der Waals surface area contributed by atoms with Crippen LogP contribution in [0.3, 0.4) is 0 Å². The predicted molar refractivity (Wildman–Crippen MR) is 107 cm³/mol. The summed E-state index contributed by atoms with van der Waals surface area (Å²) in [4.78, 5) is 16.1. The van der Waals surface area contributed by atoms with Gasteiger partial charge in [-0.1, -0.05) is 25.1 Å². The average molecular weight is 430 g/mol. The van der Waals surface area contributed by atoms with Crippen molar-refractivity contribution in [1.29, 1.82) is 0 Å². The van der Waals surface area contributed by atoms with Gasteiger partial charge in [0.25, 0.3) is 5.91 Å². The highest BCUT2D eigenvalue weighted by atomic mass is 127. The third kappa shape index (κ3) is 8.01. The molecule has 128 valence electrons. The van der Waals surface area contributed by atoms with Crippen molar-refractivity contribution < 1.29 is 4.79 Å². The second kappa shape index (κ2) is 11.9. The molecular weight excluding hydrogens is 403 g/mol. The highest BCUT2D eigenvalue weighted by Gasteiger charge is 2.08. The Hall–Kier alpha value is -1.57. The number of halogens is 1. The van der Waals surface area contributed by atoms with Crippen molar-refractivity contribution in [2.45, 2.75) is 32.9 Å². The lowest BCUT2D eigenvalue weighted by Gasteiger charge is -2.12. The lowest BCUT2D eigenvalue weighted by molar-refractivity contribution is 0.0939. The van der Waals surface area contributed by atoms with Crippen molar-refractivity contribution >= 4 is 35.8 Å². The van der Waals surface area contributed by atoms with Gasteiger partial charge in [0.2, 0.25) is 0 Å². The van der Waals surface area contributed by atoms with Crippen LogP contribution in [0.2, 0.25) is 0 Å². The van der Waals surface area contributed by atoms with Gasteiger partial charge >= 0.3 is 0 Å². The largest absolute Gasteiger partial charge is 0.353 e. The number of nitrogens with one attached hydrogen (secondary N) is 3. The zero-order valence-corrected chi connectivity index (χ0v) is 16.4. The second-order valence-electron chi connectivity index (χ2n) is 5.08. The summed E-state index contributed by atoms with van der Waals surface area (Å²) in [6, 6.07) is 7.76. The summed E-state index contributed by atoms with van der Waals surface area (Å²) in [5.74, 6) is 0.691. The Labute approximate surface area is 156 Å². The Morgan fingerprint density at radius 1 is 1.30 bits per heavy atom. The van der Waals surface area contributed by atoms with E-state index in [1.807, 2.05) is 38.1 Å². The number of rotatable bonds is 7. The molecule has 0 bridgehead atoms. The normalized spacial score (nSPS) is 11.9. The van der Waals surface area contributed by atoms with E-state index in [1.165, 1.54) is 0 Å². The van der Waals surface area contributed by atoms with Crippen molar-refractivity contribution in [3.8, 4) is 0 Å². The molecular formula is C17H27IN4O. The molecule has 0 fully saturated rings. The van der Waals surface area contributed by atoms with Gasteiger partial charge < -0.3 is 16.0 Å². The molecule has 1 aromatic carbocycles. The summed E-state index contributed by atoms with van der Waals surface area (Å²) in [6.07, 6.45) is 2.70. The number of amides is 1. The van der Waals surface area contributed by atoms with E-state index in [0.717, 1.165) is 17.9 Å². The molecule has 23 heavy (non-hydrogen) atoms. The maximum Gasteiger partial charge on any atom is 0.251 e. The van der Waals surface area contributed by atoms with Crippen molar-refractivity contribution in [1.82, 2.24) is 16.0 Å². The Balaban J connectivity index is 0.00000484. The van der Waals surface area contributed by atoms with Crippen LogP contribution in [0, 0.1) is 0 Å². The minimum atomic E-state index is -0.0303. The van der Waals surface area contributed by atoms with Crippen molar-refractivity contribution in [2.75, 3.05) is 13.6 Å². The molecule has 0 aliphatic heterocycles. The summed E-state index contributed by atoms with van der Waals surface area (Å²) >= 11 is 0. The zero-order valence-electron chi connectivity index (χ0n) is 14.1. The van der Waals surface area contributed by atoms with Gasteiger partial charge in [0, 0.05) is 31.7 Å². The Morgan fingerprint density at radius 2 is 1.96 bits per heavy atom. The number of carbonyl (C=O) groups is 1. The molecule has 0 heterocycles. The van der Waals surface area contributed by atoms with Crippen molar-refractivity contribution in [3.63, 3.8) is 0 Å².